The first-order valence-electron chi connectivity index (χ1n) is 4.96. The van der Waals surface area contributed by atoms with Crippen LogP contribution in [0, 0.1) is 5.92 Å². The van der Waals surface area contributed by atoms with Gasteiger partial charge in [-0.1, -0.05) is 13.8 Å². The van der Waals surface area contributed by atoms with Crippen molar-refractivity contribution < 1.29 is 13.2 Å². The molecule has 1 aromatic heterocycles. The Bertz CT molecular complexity index is 361. The minimum Gasteiger partial charge on any atom is -0.373 e. The number of hydrogen-bond donors (Lipinski definition) is 1. The van der Waals surface area contributed by atoms with Crippen LogP contribution in [-0.2, 0) is 12.6 Å². The number of anilines is 1. The first-order chi connectivity index (χ1) is 7.32. The van der Waals surface area contributed by atoms with E-state index in [-0.39, 0.29) is 11.7 Å². The van der Waals surface area contributed by atoms with Gasteiger partial charge < -0.3 is 5.32 Å². The molecule has 6 heteroatoms. The quantitative estimate of drug-likeness (QED) is 0.872. The Balaban J connectivity index is 3.11. The topological polar surface area (TPSA) is 37.8 Å². The van der Waals surface area contributed by atoms with Crippen LogP contribution >= 0.6 is 0 Å². The lowest BCUT2D eigenvalue weighted by Gasteiger charge is -2.11. The molecular formula is C10H14F3N3. The van der Waals surface area contributed by atoms with Gasteiger partial charge in [-0.2, -0.15) is 13.2 Å². The summed E-state index contributed by atoms with van der Waals surface area (Å²) in [4.78, 5) is 6.90. The SMILES string of the molecule is CNc1cc(CC(C)C)nc(C(F)(F)F)n1. The Labute approximate surface area is 92.1 Å². The third-order valence-corrected chi connectivity index (χ3v) is 1.91. The highest BCUT2D eigenvalue weighted by Gasteiger charge is 2.35. The lowest BCUT2D eigenvalue weighted by atomic mass is 10.1. The highest BCUT2D eigenvalue weighted by Crippen LogP contribution is 2.27. The van der Waals surface area contributed by atoms with Crippen LogP contribution < -0.4 is 5.32 Å². The molecule has 0 saturated carbocycles. The average Bonchev–Trinajstić information content (AvgIpc) is 2.14. The zero-order valence-corrected chi connectivity index (χ0v) is 9.39. The molecule has 0 aliphatic rings. The lowest BCUT2D eigenvalue weighted by Crippen LogP contribution is -2.14. The van der Waals surface area contributed by atoms with Gasteiger partial charge in [-0.15, -0.1) is 0 Å². The summed E-state index contributed by atoms with van der Waals surface area (Å²) in [7, 11) is 1.53. The predicted molar refractivity (Wildman–Crippen MR) is 55.1 cm³/mol. The summed E-state index contributed by atoms with van der Waals surface area (Å²) < 4.78 is 37.4. The maximum Gasteiger partial charge on any atom is 0.451 e. The van der Waals surface area contributed by atoms with Gasteiger partial charge in [-0.25, -0.2) is 9.97 Å². The molecule has 0 fully saturated rings. The molecule has 3 nitrogen and oxygen atoms in total. The second-order valence-electron chi connectivity index (χ2n) is 3.91. The molecule has 0 unspecified atom stereocenters. The number of nitrogens with zero attached hydrogens (tertiary/aromatic N) is 2. The van der Waals surface area contributed by atoms with Crippen LogP contribution in [-0.4, -0.2) is 17.0 Å². The van der Waals surface area contributed by atoms with Crippen molar-refractivity contribution in [3.8, 4) is 0 Å². The number of aromatic nitrogens is 2. The van der Waals surface area contributed by atoms with Crippen molar-refractivity contribution in [3.05, 3.63) is 17.6 Å². The largest absolute Gasteiger partial charge is 0.451 e. The second-order valence-corrected chi connectivity index (χ2v) is 3.91. The van der Waals surface area contributed by atoms with Gasteiger partial charge in [0.05, 0.1) is 0 Å². The Morgan fingerprint density at radius 3 is 2.38 bits per heavy atom. The van der Waals surface area contributed by atoms with Gasteiger partial charge in [-0.3, -0.25) is 0 Å². The van der Waals surface area contributed by atoms with Crippen LogP contribution in [0.2, 0.25) is 0 Å². The van der Waals surface area contributed by atoms with Crippen molar-refractivity contribution in [2.75, 3.05) is 12.4 Å². The summed E-state index contributed by atoms with van der Waals surface area (Å²) in [6.07, 6.45) is -4.00. The Kier molecular flexibility index (Phi) is 3.72. The molecule has 0 amide bonds. The minimum absolute atomic E-state index is 0.193. The van der Waals surface area contributed by atoms with E-state index in [1.165, 1.54) is 13.1 Å². The van der Waals surface area contributed by atoms with Gasteiger partial charge in [0.1, 0.15) is 5.82 Å². The average molecular weight is 233 g/mol. The summed E-state index contributed by atoms with van der Waals surface area (Å²) in [6.45, 7) is 3.85. The van der Waals surface area contributed by atoms with Gasteiger partial charge in [-0.05, 0) is 12.3 Å². The molecule has 16 heavy (non-hydrogen) atoms. The van der Waals surface area contributed by atoms with E-state index in [9.17, 15) is 13.2 Å². The molecule has 1 rings (SSSR count). The molecular weight excluding hydrogens is 219 g/mol. The first-order valence-corrected chi connectivity index (χ1v) is 4.96. The van der Waals surface area contributed by atoms with Crippen molar-refractivity contribution in [2.45, 2.75) is 26.4 Å². The summed E-state index contributed by atoms with van der Waals surface area (Å²) in [5.41, 5.74) is 0.404. The van der Waals surface area contributed by atoms with Crippen molar-refractivity contribution in [3.63, 3.8) is 0 Å². The van der Waals surface area contributed by atoms with E-state index in [1.54, 1.807) is 0 Å². The van der Waals surface area contributed by atoms with E-state index in [2.05, 4.69) is 15.3 Å². The maximum absolute atomic E-state index is 12.5. The van der Waals surface area contributed by atoms with Crippen molar-refractivity contribution in [2.24, 2.45) is 5.92 Å². The standard InChI is InChI=1S/C10H14F3N3/c1-6(2)4-7-5-8(14-3)16-9(15-7)10(11,12)13/h5-6H,4H2,1-3H3,(H,14,15,16). The van der Waals surface area contributed by atoms with Crippen molar-refractivity contribution in [1.29, 1.82) is 0 Å². The molecule has 1 N–H and O–H groups in total. The van der Waals surface area contributed by atoms with E-state index >= 15 is 0 Å². The molecule has 90 valence electrons. The Morgan fingerprint density at radius 2 is 1.94 bits per heavy atom. The highest BCUT2D eigenvalue weighted by atomic mass is 19.4. The molecule has 1 aromatic rings. The number of rotatable bonds is 3. The van der Waals surface area contributed by atoms with Crippen molar-refractivity contribution >= 4 is 5.82 Å². The summed E-state index contributed by atoms with van der Waals surface area (Å²) in [5, 5.41) is 2.60. The molecule has 0 spiro atoms. The zero-order chi connectivity index (χ0) is 12.3. The zero-order valence-electron chi connectivity index (χ0n) is 9.39. The van der Waals surface area contributed by atoms with Gasteiger partial charge in [0, 0.05) is 18.8 Å². The van der Waals surface area contributed by atoms with Crippen molar-refractivity contribution in [1.82, 2.24) is 9.97 Å². The summed E-state index contributed by atoms with van der Waals surface area (Å²) >= 11 is 0. The molecule has 0 aliphatic heterocycles. The van der Waals surface area contributed by atoms with Crippen LogP contribution in [0.1, 0.15) is 25.4 Å². The second kappa shape index (κ2) is 4.67. The fraction of sp³-hybridized carbons (Fsp3) is 0.600. The normalized spacial score (nSPS) is 11.9. The first kappa shape index (κ1) is 12.7. The number of halogens is 3. The Hall–Kier alpha value is -1.33. The van der Waals surface area contributed by atoms with Crippen LogP contribution in [0.3, 0.4) is 0 Å². The highest BCUT2D eigenvalue weighted by molar-refractivity contribution is 5.35. The van der Waals surface area contributed by atoms with Gasteiger partial charge >= 0.3 is 6.18 Å². The third kappa shape index (κ3) is 3.36. The van der Waals surface area contributed by atoms with E-state index in [0.29, 0.717) is 12.1 Å². The van der Waals surface area contributed by atoms with Crippen LogP contribution in [0.25, 0.3) is 0 Å². The lowest BCUT2D eigenvalue weighted by molar-refractivity contribution is -0.145. The van der Waals surface area contributed by atoms with Gasteiger partial charge in [0.15, 0.2) is 0 Å². The van der Waals surface area contributed by atoms with E-state index in [1.807, 2.05) is 13.8 Å². The molecule has 0 aliphatic carbocycles. The maximum atomic E-state index is 12.5. The smallest absolute Gasteiger partial charge is 0.373 e. The van der Waals surface area contributed by atoms with Crippen LogP contribution in [0.15, 0.2) is 6.07 Å². The van der Waals surface area contributed by atoms with E-state index in [0.717, 1.165) is 0 Å². The van der Waals surface area contributed by atoms with E-state index < -0.39 is 12.0 Å². The number of nitrogens with one attached hydrogen (secondary N) is 1. The number of hydrogen-bond acceptors (Lipinski definition) is 3. The van der Waals surface area contributed by atoms with Crippen LogP contribution in [0.4, 0.5) is 19.0 Å². The molecule has 0 bridgehead atoms. The molecule has 1 heterocycles. The summed E-state index contributed by atoms with van der Waals surface area (Å²) in [6, 6.07) is 1.54. The predicted octanol–water partition coefficient (Wildman–Crippen LogP) is 2.74. The van der Waals surface area contributed by atoms with Crippen LogP contribution in [0.5, 0.6) is 0 Å². The molecule has 0 atom stereocenters. The summed E-state index contributed by atoms with van der Waals surface area (Å²) in [5.74, 6) is -0.645. The Morgan fingerprint density at radius 1 is 1.31 bits per heavy atom. The minimum atomic E-state index is -4.50. The van der Waals surface area contributed by atoms with E-state index in [4.69, 9.17) is 0 Å². The monoisotopic (exact) mass is 233 g/mol. The molecule has 0 saturated heterocycles. The molecule has 0 radical (unpaired) electrons. The van der Waals surface area contributed by atoms with Gasteiger partial charge in [0.25, 0.3) is 0 Å². The van der Waals surface area contributed by atoms with Gasteiger partial charge in [0.2, 0.25) is 5.82 Å². The molecule has 0 aromatic carbocycles. The fourth-order valence-corrected chi connectivity index (χ4v) is 1.28. The fourth-order valence-electron chi connectivity index (χ4n) is 1.28. The third-order valence-electron chi connectivity index (χ3n) is 1.91. The number of alkyl halides is 3.